The predicted octanol–water partition coefficient (Wildman–Crippen LogP) is 12.5. The summed E-state index contributed by atoms with van der Waals surface area (Å²) in [6, 6.07) is 87.5. The van der Waals surface area contributed by atoms with Gasteiger partial charge in [-0.05, 0) is 0 Å². The molecule has 0 fully saturated rings. The van der Waals surface area contributed by atoms with Gasteiger partial charge in [-0.3, -0.25) is 0 Å². The van der Waals surface area contributed by atoms with Crippen LogP contribution >= 0.6 is 0 Å². The summed E-state index contributed by atoms with van der Waals surface area (Å²) in [6.45, 7) is 0. The van der Waals surface area contributed by atoms with Crippen LogP contribution in [0.5, 0.6) is 0 Å². The molecule has 10 aromatic carbocycles. The van der Waals surface area contributed by atoms with E-state index in [0.29, 0.717) is 0 Å². The van der Waals surface area contributed by atoms with Crippen LogP contribution in [0.3, 0.4) is 0 Å². The topological polar surface area (TPSA) is 18.1 Å². The fraction of sp³-hybridized carbons (Fsp3) is 0. The van der Waals surface area contributed by atoms with Crippen LogP contribution < -0.4 is 17.6 Å². The average molecular weight is 839 g/mol. The van der Waals surface area contributed by atoms with Gasteiger partial charge in [0.05, 0.1) is 0 Å². The predicted molar refractivity (Wildman–Crippen MR) is 260 cm³/mol. The molecule has 0 N–H and O–H groups in total. The normalized spacial score (nSPS) is 11.9. The molecule has 0 amide bonds. The standard InChI is InChI=1S/C58H39GeNO/c1-6-20-40(21-7-1)49-38-46(59(43-25-10-3-11-26-43,44-27-12-4-13-28-44)45-29-14-5-15-30-45)39-50(41-22-8-2-9-23-41)58(49)60-51-35-34-42-24-16-17-31-47(42)55(51)57-52(60)36-37-54-56(57)48-32-18-19-33-53(48)61-54/h1-39H. The number of hydrogen-bond acceptors (Lipinski definition) is 1. The van der Waals surface area contributed by atoms with Gasteiger partial charge in [0.15, 0.2) is 0 Å². The monoisotopic (exact) mass is 839 g/mol. The fourth-order valence-electron chi connectivity index (χ4n) is 10.2. The van der Waals surface area contributed by atoms with E-state index in [1.807, 2.05) is 0 Å². The summed E-state index contributed by atoms with van der Waals surface area (Å²) >= 11 is -3.76. The number of nitrogens with zero attached hydrogens (tertiary/aromatic N) is 1. The number of fused-ring (bicyclic) bond motifs is 9. The van der Waals surface area contributed by atoms with Crippen LogP contribution in [0.4, 0.5) is 0 Å². The molecular weight excluding hydrogens is 799 g/mol. The summed E-state index contributed by atoms with van der Waals surface area (Å²) in [5.41, 5.74) is 10.0. The SMILES string of the molecule is c1ccc(-c2c[c]([Ge]([c]3ccccc3)([c]3ccccc3)[c]3ccccc3)cc(-c3ccccc3)c2-n2c3ccc4ccccc4c3c3c4c(ccc32)oc2ccccc24)cc1. The van der Waals surface area contributed by atoms with Crippen LogP contribution in [0.1, 0.15) is 0 Å². The van der Waals surface area contributed by atoms with Crippen LogP contribution in [0.15, 0.2) is 241 Å². The van der Waals surface area contributed by atoms with E-state index in [9.17, 15) is 0 Å². The molecule has 0 aliphatic rings. The van der Waals surface area contributed by atoms with Crippen LogP contribution in [-0.2, 0) is 0 Å². The van der Waals surface area contributed by atoms with Gasteiger partial charge in [-0.2, -0.15) is 0 Å². The zero-order valence-corrected chi connectivity index (χ0v) is 35.5. The van der Waals surface area contributed by atoms with Gasteiger partial charge in [0.25, 0.3) is 0 Å². The number of para-hydroxylation sites is 1. The van der Waals surface area contributed by atoms with Crippen molar-refractivity contribution < 1.29 is 4.42 Å². The molecule has 2 heterocycles. The minimum absolute atomic E-state index is 0.897. The molecule has 0 aliphatic heterocycles. The molecule has 0 aliphatic carbocycles. The quantitative estimate of drug-likeness (QED) is 0.146. The van der Waals surface area contributed by atoms with Crippen molar-refractivity contribution in [1.82, 2.24) is 4.57 Å². The molecule has 12 rings (SSSR count). The van der Waals surface area contributed by atoms with Gasteiger partial charge in [-0.1, -0.05) is 0 Å². The molecule has 0 bridgehead atoms. The maximum absolute atomic E-state index is 6.60. The number of benzene rings is 10. The van der Waals surface area contributed by atoms with Crippen molar-refractivity contribution in [2.75, 3.05) is 0 Å². The van der Waals surface area contributed by atoms with Crippen LogP contribution in [0.2, 0.25) is 0 Å². The molecule has 0 saturated heterocycles. The van der Waals surface area contributed by atoms with Gasteiger partial charge in [0, 0.05) is 0 Å². The van der Waals surface area contributed by atoms with Crippen molar-refractivity contribution in [3.05, 3.63) is 237 Å². The third-order valence-electron chi connectivity index (χ3n) is 12.7. The second kappa shape index (κ2) is 14.4. The fourth-order valence-corrected chi connectivity index (χ4v) is 20.2. The zero-order valence-electron chi connectivity index (χ0n) is 33.4. The molecule has 286 valence electrons. The van der Waals surface area contributed by atoms with E-state index in [1.54, 1.807) is 0 Å². The summed E-state index contributed by atoms with van der Waals surface area (Å²) in [7, 11) is 0. The first-order valence-corrected chi connectivity index (χ1v) is 25.2. The Balaban J connectivity index is 1.31. The Bertz CT molecular complexity index is 3400. The first kappa shape index (κ1) is 35.5. The molecular formula is C58H39GeNO. The first-order chi connectivity index (χ1) is 30.3. The summed E-state index contributed by atoms with van der Waals surface area (Å²) < 4.78 is 14.7. The molecule has 12 aromatic rings. The Kier molecular flexibility index (Phi) is 8.39. The minimum atomic E-state index is -3.76. The Hall–Kier alpha value is -7.40. The van der Waals surface area contributed by atoms with Crippen LogP contribution in [-0.4, -0.2) is 17.8 Å². The average Bonchev–Trinajstić information content (AvgIpc) is 3.89. The molecule has 0 atom stereocenters. The van der Waals surface area contributed by atoms with E-state index in [2.05, 4.69) is 241 Å². The number of furan rings is 1. The van der Waals surface area contributed by atoms with Crippen molar-refractivity contribution in [2.24, 2.45) is 0 Å². The molecule has 61 heavy (non-hydrogen) atoms. The molecule has 0 saturated carbocycles. The molecule has 2 nitrogen and oxygen atoms in total. The second-order valence-electron chi connectivity index (χ2n) is 15.9. The first-order valence-electron chi connectivity index (χ1n) is 21.0. The van der Waals surface area contributed by atoms with E-state index in [-0.39, 0.29) is 0 Å². The van der Waals surface area contributed by atoms with Gasteiger partial charge < -0.3 is 0 Å². The Labute approximate surface area is 356 Å². The maximum atomic E-state index is 6.60. The third kappa shape index (κ3) is 5.49. The van der Waals surface area contributed by atoms with Crippen molar-refractivity contribution in [1.29, 1.82) is 0 Å². The summed E-state index contributed by atoms with van der Waals surface area (Å²) in [6.07, 6.45) is 0. The summed E-state index contributed by atoms with van der Waals surface area (Å²) in [5.74, 6) is 0. The molecule has 0 radical (unpaired) electrons. The molecule has 2 aromatic heterocycles. The number of aromatic nitrogens is 1. The number of hydrogen-bond donors (Lipinski definition) is 0. The Morgan fingerprint density at radius 3 is 1.36 bits per heavy atom. The van der Waals surface area contributed by atoms with Crippen molar-refractivity contribution in [2.45, 2.75) is 0 Å². The van der Waals surface area contributed by atoms with E-state index < -0.39 is 13.3 Å². The zero-order chi connectivity index (χ0) is 40.3. The van der Waals surface area contributed by atoms with Gasteiger partial charge in [0.1, 0.15) is 0 Å². The third-order valence-corrected chi connectivity index (χ3v) is 22.7. The molecule has 0 spiro atoms. The second-order valence-corrected chi connectivity index (χ2v) is 23.9. The van der Waals surface area contributed by atoms with Gasteiger partial charge >= 0.3 is 359 Å². The Morgan fingerprint density at radius 2 is 0.787 bits per heavy atom. The van der Waals surface area contributed by atoms with E-state index in [0.717, 1.165) is 38.7 Å². The number of rotatable bonds is 7. The van der Waals surface area contributed by atoms with E-state index in [4.69, 9.17) is 4.42 Å². The van der Waals surface area contributed by atoms with Gasteiger partial charge in [0.2, 0.25) is 0 Å². The Morgan fingerprint density at radius 1 is 0.328 bits per heavy atom. The van der Waals surface area contributed by atoms with Crippen molar-refractivity contribution >= 4 is 85.4 Å². The van der Waals surface area contributed by atoms with Crippen molar-refractivity contribution in [3.8, 4) is 27.9 Å². The summed E-state index contributed by atoms with van der Waals surface area (Å²) in [4.78, 5) is 0. The summed E-state index contributed by atoms with van der Waals surface area (Å²) in [5, 5.41) is 7.17. The molecule has 3 heteroatoms. The van der Waals surface area contributed by atoms with E-state index in [1.165, 1.54) is 61.4 Å². The van der Waals surface area contributed by atoms with Gasteiger partial charge in [-0.25, -0.2) is 0 Å². The van der Waals surface area contributed by atoms with Crippen LogP contribution in [0, 0.1) is 0 Å². The van der Waals surface area contributed by atoms with Crippen LogP contribution in [0.25, 0.3) is 82.5 Å². The van der Waals surface area contributed by atoms with Crippen molar-refractivity contribution in [3.63, 3.8) is 0 Å². The van der Waals surface area contributed by atoms with Gasteiger partial charge in [-0.15, -0.1) is 0 Å². The molecule has 0 unspecified atom stereocenters. The van der Waals surface area contributed by atoms with E-state index >= 15 is 0 Å².